The van der Waals surface area contributed by atoms with E-state index < -0.39 is 5.91 Å². The molecule has 7 nitrogen and oxygen atoms in total. The van der Waals surface area contributed by atoms with E-state index in [1.807, 2.05) is 0 Å². The molecule has 0 heterocycles. The number of hydrazone groups is 1. The van der Waals surface area contributed by atoms with E-state index in [0.717, 1.165) is 0 Å². The highest BCUT2D eigenvalue weighted by atomic mass is 35.5. The molecule has 0 fully saturated rings. The van der Waals surface area contributed by atoms with Crippen LogP contribution >= 0.6 is 11.6 Å². The number of carbonyl (C=O) groups excluding carboxylic acids is 2. The zero-order valence-electron chi connectivity index (χ0n) is 15.0. The summed E-state index contributed by atoms with van der Waals surface area (Å²) in [5.41, 5.74) is 3.85. The van der Waals surface area contributed by atoms with Crippen molar-refractivity contribution in [1.82, 2.24) is 5.43 Å². The molecule has 0 spiro atoms. The smallest absolute Gasteiger partial charge is 0.271 e. The van der Waals surface area contributed by atoms with Crippen LogP contribution in [0.4, 0.5) is 5.69 Å². The minimum absolute atomic E-state index is 0.0783. The number of nitrogens with one attached hydrogen (secondary N) is 2. The molecule has 0 aliphatic rings. The highest BCUT2D eigenvalue weighted by molar-refractivity contribution is 6.34. The van der Waals surface area contributed by atoms with Gasteiger partial charge in [0, 0.05) is 22.9 Å². The molecule has 2 amide bonds. The lowest BCUT2D eigenvalue weighted by Gasteiger charge is -2.07. The summed E-state index contributed by atoms with van der Waals surface area (Å²) < 4.78 is 0. The molecule has 0 saturated carbocycles. The standard InChI is InChI=1S/C21H16ClN3O4/c22-18-4-2-1-3-17(18)21(29)24-15-8-5-13(6-9-15)20(28)25-23-12-14-7-10-16(26)11-19(14)27/h1-12,26-27H,(H,24,29)(H,25,28)/b23-12+. The molecule has 0 aliphatic carbocycles. The lowest BCUT2D eigenvalue weighted by atomic mass is 10.1. The van der Waals surface area contributed by atoms with Crippen molar-refractivity contribution in [1.29, 1.82) is 0 Å². The average molecular weight is 410 g/mol. The van der Waals surface area contributed by atoms with Crippen molar-refractivity contribution in [3.8, 4) is 11.5 Å². The predicted molar refractivity (Wildman–Crippen MR) is 111 cm³/mol. The van der Waals surface area contributed by atoms with E-state index in [1.54, 1.807) is 36.4 Å². The number of amides is 2. The van der Waals surface area contributed by atoms with Gasteiger partial charge in [-0.25, -0.2) is 5.43 Å². The lowest BCUT2D eigenvalue weighted by Crippen LogP contribution is -2.18. The highest BCUT2D eigenvalue weighted by Gasteiger charge is 2.10. The Kier molecular flexibility index (Phi) is 6.11. The topological polar surface area (TPSA) is 111 Å². The third-order valence-corrected chi connectivity index (χ3v) is 4.24. The molecule has 8 heteroatoms. The molecule has 29 heavy (non-hydrogen) atoms. The van der Waals surface area contributed by atoms with Gasteiger partial charge in [0.15, 0.2) is 0 Å². The predicted octanol–water partition coefficient (Wildman–Crippen LogP) is 3.77. The summed E-state index contributed by atoms with van der Waals surface area (Å²) in [5.74, 6) is -1.07. The molecule has 146 valence electrons. The Morgan fingerprint density at radius 2 is 1.66 bits per heavy atom. The Balaban J connectivity index is 1.60. The molecule has 0 bridgehead atoms. The number of halogens is 1. The number of nitrogens with zero attached hydrogens (tertiary/aromatic N) is 1. The van der Waals surface area contributed by atoms with Crippen LogP contribution in [0.1, 0.15) is 26.3 Å². The van der Waals surface area contributed by atoms with Crippen LogP contribution in [-0.4, -0.2) is 28.2 Å². The van der Waals surface area contributed by atoms with Crippen molar-refractivity contribution in [2.24, 2.45) is 5.10 Å². The van der Waals surface area contributed by atoms with Crippen molar-refractivity contribution >= 4 is 35.3 Å². The van der Waals surface area contributed by atoms with Gasteiger partial charge in [0.05, 0.1) is 16.8 Å². The van der Waals surface area contributed by atoms with E-state index in [1.165, 1.54) is 36.5 Å². The second-order valence-corrected chi connectivity index (χ2v) is 6.36. The molecular weight excluding hydrogens is 394 g/mol. The second-order valence-electron chi connectivity index (χ2n) is 5.95. The van der Waals surface area contributed by atoms with Crippen LogP contribution in [0.3, 0.4) is 0 Å². The van der Waals surface area contributed by atoms with E-state index in [0.29, 0.717) is 27.4 Å². The first-order valence-electron chi connectivity index (χ1n) is 8.45. The molecule has 0 saturated heterocycles. The van der Waals surface area contributed by atoms with Crippen LogP contribution in [0.25, 0.3) is 0 Å². The highest BCUT2D eigenvalue weighted by Crippen LogP contribution is 2.21. The van der Waals surface area contributed by atoms with Gasteiger partial charge in [0.1, 0.15) is 11.5 Å². The average Bonchev–Trinajstić information content (AvgIpc) is 2.70. The number of phenols is 2. The third-order valence-electron chi connectivity index (χ3n) is 3.91. The minimum atomic E-state index is -0.469. The Hall–Kier alpha value is -3.84. The molecule has 0 radical (unpaired) electrons. The van der Waals surface area contributed by atoms with E-state index in [-0.39, 0.29) is 17.4 Å². The first-order valence-corrected chi connectivity index (χ1v) is 8.83. The summed E-state index contributed by atoms with van der Waals surface area (Å²) >= 11 is 6.01. The van der Waals surface area contributed by atoms with Gasteiger partial charge in [-0.2, -0.15) is 5.10 Å². The van der Waals surface area contributed by atoms with Crippen molar-refractivity contribution in [3.63, 3.8) is 0 Å². The van der Waals surface area contributed by atoms with E-state index in [2.05, 4.69) is 15.8 Å². The normalized spacial score (nSPS) is 10.7. The summed E-state index contributed by atoms with van der Waals surface area (Å²) in [6, 6.07) is 16.9. The lowest BCUT2D eigenvalue weighted by molar-refractivity contribution is 0.0954. The van der Waals surface area contributed by atoms with Crippen molar-refractivity contribution in [2.45, 2.75) is 0 Å². The van der Waals surface area contributed by atoms with Crippen molar-refractivity contribution in [2.75, 3.05) is 5.32 Å². The Labute approximate surface area is 171 Å². The van der Waals surface area contributed by atoms with Crippen LogP contribution in [0, 0.1) is 0 Å². The molecule has 3 aromatic carbocycles. The SMILES string of the molecule is O=C(N/N=C/c1ccc(O)cc1O)c1ccc(NC(=O)c2ccccc2Cl)cc1. The zero-order chi connectivity index (χ0) is 20.8. The van der Waals surface area contributed by atoms with Gasteiger partial charge in [-0.3, -0.25) is 9.59 Å². The Bertz CT molecular complexity index is 1080. The van der Waals surface area contributed by atoms with Crippen LogP contribution in [0.15, 0.2) is 71.8 Å². The van der Waals surface area contributed by atoms with Gasteiger partial charge < -0.3 is 15.5 Å². The molecular formula is C21H16ClN3O4. The van der Waals surface area contributed by atoms with E-state index in [9.17, 15) is 19.8 Å². The van der Waals surface area contributed by atoms with E-state index in [4.69, 9.17) is 11.6 Å². The first-order chi connectivity index (χ1) is 13.9. The molecule has 3 aromatic rings. The summed E-state index contributed by atoms with van der Waals surface area (Å²) in [4.78, 5) is 24.4. The summed E-state index contributed by atoms with van der Waals surface area (Å²) in [7, 11) is 0. The number of benzene rings is 3. The zero-order valence-corrected chi connectivity index (χ0v) is 15.7. The minimum Gasteiger partial charge on any atom is -0.508 e. The fourth-order valence-corrected chi connectivity index (χ4v) is 2.64. The maximum Gasteiger partial charge on any atom is 0.271 e. The number of phenolic OH excluding ortho intramolecular Hbond substituents is 2. The maximum absolute atomic E-state index is 12.2. The molecule has 0 aliphatic heterocycles. The van der Waals surface area contributed by atoms with Crippen LogP contribution in [0.2, 0.25) is 5.02 Å². The van der Waals surface area contributed by atoms with Crippen LogP contribution in [0.5, 0.6) is 11.5 Å². The fraction of sp³-hybridized carbons (Fsp3) is 0. The number of aromatic hydroxyl groups is 2. The molecule has 0 atom stereocenters. The van der Waals surface area contributed by atoms with Crippen molar-refractivity contribution < 1.29 is 19.8 Å². The van der Waals surface area contributed by atoms with Crippen molar-refractivity contribution in [3.05, 3.63) is 88.4 Å². The van der Waals surface area contributed by atoms with E-state index >= 15 is 0 Å². The monoisotopic (exact) mass is 409 g/mol. The Morgan fingerprint density at radius 3 is 2.34 bits per heavy atom. The van der Waals surface area contributed by atoms with Crippen LogP contribution < -0.4 is 10.7 Å². The fourth-order valence-electron chi connectivity index (χ4n) is 2.41. The van der Waals surface area contributed by atoms with Gasteiger partial charge in [0.25, 0.3) is 11.8 Å². The number of hydrogen-bond donors (Lipinski definition) is 4. The Morgan fingerprint density at radius 1 is 0.931 bits per heavy atom. The molecule has 3 rings (SSSR count). The first kappa shape index (κ1) is 19.9. The number of anilines is 1. The number of rotatable bonds is 5. The summed E-state index contributed by atoms with van der Waals surface area (Å²) in [5, 5.41) is 25.7. The molecule has 4 N–H and O–H groups in total. The molecule has 0 unspecified atom stereocenters. The summed E-state index contributed by atoms with van der Waals surface area (Å²) in [6.45, 7) is 0. The largest absolute Gasteiger partial charge is 0.508 e. The van der Waals surface area contributed by atoms with Gasteiger partial charge in [-0.1, -0.05) is 23.7 Å². The van der Waals surface area contributed by atoms with Gasteiger partial charge in [0.2, 0.25) is 0 Å². The molecule has 0 aromatic heterocycles. The van der Waals surface area contributed by atoms with Gasteiger partial charge in [-0.05, 0) is 48.5 Å². The number of hydrogen-bond acceptors (Lipinski definition) is 5. The third kappa shape index (κ3) is 5.12. The summed E-state index contributed by atoms with van der Waals surface area (Å²) in [6.07, 6.45) is 1.25. The second kappa shape index (κ2) is 8.90. The quantitative estimate of drug-likeness (QED) is 0.379. The van der Waals surface area contributed by atoms with Gasteiger partial charge in [-0.15, -0.1) is 0 Å². The maximum atomic E-state index is 12.2. The number of carbonyl (C=O) groups is 2. The van der Waals surface area contributed by atoms with Crippen LogP contribution in [-0.2, 0) is 0 Å². The van der Waals surface area contributed by atoms with Gasteiger partial charge >= 0.3 is 0 Å².